The zero-order valence-electron chi connectivity index (χ0n) is 10.2. The van der Waals surface area contributed by atoms with Crippen LogP contribution in [0.5, 0.6) is 0 Å². The smallest absolute Gasteiger partial charge is 0.124 e. The zero-order chi connectivity index (χ0) is 12.5. The molecular formula is C14H14N4. The topological polar surface area (TPSA) is 56.7 Å². The van der Waals surface area contributed by atoms with Gasteiger partial charge in [-0.2, -0.15) is 5.10 Å². The van der Waals surface area contributed by atoms with Crippen LogP contribution in [-0.4, -0.2) is 14.8 Å². The fourth-order valence-electron chi connectivity index (χ4n) is 2.07. The van der Waals surface area contributed by atoms with Crippen LogP contribution in [0.1, 0.15) is 11.1 Å². The molecule has 0 fully saturated rings. The molecule has 1 aromatic carbocycles. The van der Waals surface area contributed by atoms with Gasteiger partial charge in [-0.25, -0.2) is 4.68 Å². The lowest BCUT2D eigenvalue weighted by atomic mass is 10.1. The number of hydrogen-bond acceptors (Lipinski definition) is 3. The molecule has 0 atom stereocenters. The van der Waals surface area contributed by atoms with E-state index in [2.05, 4.69) is 28.3 Å². The summed E-state index contributed by atoms with van der Waals surface area (Å²) < 4.78 is 1.80. The third-order valence-corrected chi connectivity index (χ3v) is 3.11. The Morgan fingerprint density at radius 3 is 2.83 bits per heavy atom. The molecule has 0 spiro atoms. The molecular weight excluding hydrogens is 224 g/mol. The number of anilines is 1. The molecule has 0 aliphatic rings. The molecule has 0 saturated heterocycles. The number of aryl methyl sites for hydroxylation is 1. The van der Waals surface area contributed by atoms with Crippen LogP contribution in [0, 0.1) is 6.92 Å². The number of nitrogens with zero attached hydrogens (tertiary/aromatic N) is 3. The molecule has 18 heavy (non-hydrogen) atoms. The Morgan fingerprint density at radius 2 is 2.06 bits per heavy atom. The Kier molecular flexibility index (Phi) is 2.48. The van der Waals surface area contributed by atoms with Crippen LogP contribution in [0.2, 0.25) is 0 Å². The average molecular weight is 238 g/mol. The van der Waals surface area contributed by atoms with E-state index in [1.807, 2.05) is 25.3 Å². The third kappa shape index (κ3) is 1.72. The van der Waals surface area contributed by atoms with Crippen molar-refractivity contribution in [1.29, 1.82) is 0 Å². The minimum absolute atomic E-state index is 0.647. The highest BCUT2D eigenvalue weighted by Gasteiger charge is 2.07. The molecule has 0 amide bonds. The second-order valence-corrected chi connectivity index (χ2v) is 4.36. The van der Waals surface area contributed by atoms with Gasteiger partial charge in [0.1, 0.15) is 5.82 Å². The normalized spacial score (nSPS) is 10.9. The van der Waals surface area contributed by atoms with Crippen LogP contribution in [-0.2, 0) is 6.54 Å². The molecule has 0 radical (unpaired) electrons. The summed E-state index contributed by atoms with van der Waals surface area (Å²) in [5, 5.41) is 5.42. The molecule has 3 rings (SSSR count). The summed E-state index contributed by atoms with van der Waals surface area (Å²) in [4.78, 5) is 4.43. The van der Waals surface area contributed by atoms with Crippen molar-refractivity contribution in [3.8, 4) is 0 Å². The van der Waals surface area contributed by atoms with E-state index in [4.69, 9.17) is 5.73 Å². The Hall–Kier alpha value is -2.36. The number of aromatic nitrogens is 3. The minimum atomic E-state index is 0.647. The van der Waals surface area contributed by atoms with Crippen molar-refractivity contribution in [2.24, 2.45) is 0 Å². The summed E-state index contributed by atoms with van der Waals surface area (Å²) in [6.45, 7) is 2.61. The highest BCUT2D eigenvalue weighted by Crippen LogP contribution is 2.18. The highest BCUT2D eigenvalue weighted by molar-refractivity contribution is 5.81. The molecule has 0 aliphatic carbocycles. The van der Waals surface area contributed by atoms with Gasteiger partial charge in [0.15, 0.2) is 0 Å². The van der Waals surface area contributed by atoms with Gasteiger partial charge in [0.2, 0.25) is 0 Å². The van der Waals surface area contributed by atoms with Gasteiger partial charge in [-0.15, -0.1) is 0 Å². The van der Waals surface area contributed by atoms with Gasteiger partial charge >= 0.3 is 0 Å². The van der Waals surface area contributed by atoms with E-state index in [1.165, 1.54) is 0 Å². The standard InChI is InChI=1S/C14H14N4/c1-10-8-17-18(14(10)15)9-12-5-2-4-11-6-3-7-16-13(11)12/h2-8H,9,15H2,1H3. The summed E-state index contributed by atoms with van der Waals surface area (Å²) in [7, 11) is 0. The van der Waals surface area contributed by atoms with Crippen LogP contribution < -0.4 is 5.73 Å². The van der Waals surface area contributed by atoms with Gasteiger partial charge in [0.05, 0.1) is 18.3 Å². The molecule has 2 aromatic heterocycles. The average Bonchev–Trinajstić information content (AvgIpc) is 2.71. The minimum Gasteiger partial charge on any atom is -0.384 e. The van der Waals surface area contributed by atoms with Crippen molar-refractivity contribution in [2.75, 3.05) is 5.73 Å². The van der Waals surface area contributed by atoms with E-state index in [0.29, 0.717) is 12.4 Å². The van der Waals surface area contributed by atoms with Crippen molar-refractivity contribution in [3.63, 3.8) is 0 Å². The van der Waals surface area contributed by atoms with Crippen molar-refractivity contribution in [1.82, 2.24) is 14.8 Å². The first-order chi connectivity index (χ1) is 8.75. The Morgan fingerprint density at radius 1 is 1.22 bits per heavy atom. The van der Waals surface area contributed by atoms with Gasteiger partial charge in [0, 0.05) is 17.1 Å². The monoisotopic (exact) mass is 238 g/mol. The highest BCUT2D eigenvalue weighted by atomic mass is 15.3. The van der Waals surface area contributed by atoms with Gasteiger partial charge in [-0.3, -0.25) is 4.98 Å². The number of nitrogens with two attached hydrogens (primary N) is 1. The molecule has 0 saturated carbocycles. The molecule has 4 nitrogen and oxygen atoms in total. The number of benzene rings is 1. The van der Waals surface area contributed by atoms with Crippen molar-refractivity contribution in [2.45, 2.75) is 13.5 Å². The lowest BCUT2D eigenvalue weighted by Gasteiger charge is -2.07. The second-order valence-electron chi connectivity index (χ2n) is 4.36. The summed E-state index contributed by atoms with van der Waals surface area (Å²) in [5.74, 6) is 0.711. The quantitative estimate of drug-likeness (QED) is 0.745. The molecule has 90 valence electrons. The first-order valence-electron chi connectivity index (χ1n) is 5.86. The van der Waals surface area contributed by atoms with Crippen molar-refractivity contribution in [3.05, 3.63) is 53.9 Å². The Bertz CT molecular complexity index is 695. The number of para-hydroxylation sites is 1. The largest absolute Gasteiger partial charge is 0.384 e. The summed E-state index contributed by atoms with van der Waals surface area (Å²) in [6.07, 6.45) is 3.59. The third-order valence-electron chi connectivity index (χ3n) is 3.11. The predicted molar refractivity (Wildman–Crippen MR) is 72.2 cm³/mol. The van der Waals surface area contributed by atoms with E-state index < -0.39 is 0 Å². The Labute approximate surface area is 105 Å². The first-order valence-corrected chi connectivity index (χ1v) is 5.86. The van der Waals surface area contributed by atoms with Gasteiger partial charge in [-0.1, -0.05) is 24.3 Å². The number of hydrogen-bond donors (Lipinski definition) is 1. The fraction of sp³-hybridized carbons (Fsp3) is 0.143. The Balaban J connectivity index is 2.08. The number of fused-ring (bicyclic) bond motifs is 1. The molecule has 2 N–H and O–H groups in total. The maximum Gasteiger partial charge on any atom is 0.124 e. The SMILES string of the molecule is Cc1cnn(Cc2cccc3cccnc23)c1N. The van der Waals surface area contributed by atoms with Crippen LogP contribution >= 0.6 is 0 Å². The number of nitrogen functional groups attached to an aromatic ring is 1. The zero-order valence-corrected chi connectivity index (χ0v) is 10.2. The summed E-state index contributed by atoms with van der Waals surface area (Å²) in [5.41, 5.74) is 9.11. The van der Waals surface area contributed by atoms with E-state index in [9.17, 15) is 0 Å². The van der Waals surface area contributed by atoms with Crippen LogP contribution in [0.4, 0.5) is 5.82 Å². The van der Waals surface area contributed by atoms with Crippen molar-refractivity contribution >= 4 is 16.7 Å². The molecule has 3 aromatic rings. The lowest BCUT2D eigenvalue weighted by Crippen LogP contribution is -2.06. The first kappa shape index (κ1) is 10.8. The molecule has 0 unspecified atom stereocenters. The van der Waals surface area contributed by atoms with Crippen molar-refractivity contribution < 1.29 is 0 Å². The molecule has 2 heterocycles. The van der Waals surface area contributed by atoms with Crippen LogP contribution in [0.15, 0.2) is 42.7 Å². The van der Waals surface area contributed by atoms with Gasteiger partial charge < -0.3 is 5.73 Å². The maximum absolute atomic E-state index is 5.97. The summed E-state index contributed by atoms with van der Waals surface area (Å²) in [6, 6.07) is 10.2. The molecule has 0 aliphatic heterocycles. The van der Waals surface area contributed by atoms with E-state index >= 15 is 0 Å². The maximum atomic E-state index is 5.97. The predicted octanol–water partition coefficient (Wildman–Crippen LogP) is 2.37. The van der Waals surface area contributed by atoms with Gasteiger partial charge in [0.25, 0.3) is 0 Å². The number of rotatable bonds is 2. The fourth-order valence-corrected chi connectivity index (χ4v) is 2.07. The van der Waals surface area contributed by atoms with Gasteiger partial charge in [-0.05, 0) is 18.6 Å². The van der Waals surface area contributed by atoms with E-state index in [1.54, 1.807) is 10.9 Å². The molecule has 0 bridgehead atoms. The summed E-state index contributed by atoms with van der Waals surface area (Å²) >= 11 is 0. The second kappa shape index (κ2) is 4.14. The lowest BCUT2D eigenvalue weighted by molar-refractivity contribution is 0.699. The molecule has 4 heteroatoms. The van der Waals surface area contributed by atoms with Crippen LogP contribution in [0.25, 0.3) is 10.9 Å². The van der Waals surface area contributed by atoms with E-state index in [0.717, 1.165) is 22.0 Å². The van der Waals surface area contributed by atoms with Crippen LogP contribution in [0.3, 0.4) is 0 Å². The number of pyridine rings is 1. The van der Waals surface area contributed by atoms with E-state index in [-0.39, 0.29) is 0 Å².